The third-order valence-corrected chi connectivity index (χ3v) is 11.0. The van der Waals surface area contributed by atoms with Gasteiger partial charge in [0, 0.05) is 0 Å². The van der Waals surface area contributed by atoms with Crippen molar-refractivity contribution >= 4 is 5.91 Å². The lowest BCUT2D eigenvalue weighted by molar-refractivity contribution is -0.132. The van der Waals surface area contributed by atoms with Gasteiger partial charge in [-0.15, -0.1) is 0 Å². The van der Waals surface area contributed by atoms with E-state index in [-0.39, 0.29) is 0 Å². The van der Waals surface area contributed by atoms with Crippen LogP contribution in [0.1, 0.15) is 232 Å². The van der Waals surface area contributed by atoms with Gasteiger partial charge in [0.1, 0.15) is 12.2 Å². The van der Waals surface area contributed by atoms with Crippen LogP contribution in [0.15, 0.2) is 48.6 Å². The van der Waals surface area contributed by atoms with E-state index >= 15 is 0 Å². The monoisotopic (exact) mass is 788 g/mol. The number of aliphatic hydroxyl groups excluding tert-OH is 4. The zero-order valence-electron chi connectivity index (χ0n) is 36.9. The summed E-state index contributed by atoms with van der Waals surface area (Å²) in [6, 6.07) is -1.01. The first-order valence-corrected chi connectivity index (χ1v) is 24.0. The van der Waals surface area contributed by atoms with E-state index in [2.05, 4.69) is 67.8 Å². The van der Waals surface area contributed by atoms with Crippen molar-refractivity contribution in [2.45, 2.75) is 257 Å². The summed E-state index contributed by atoms with van der Waals surface area (Å²) < 4.78 is 0. The Morgan fingerprint density at radius 1 is 0.446 bits per heavy atom. The number of hydrogen-bond donors (Lipinski definition) is 5. The summed E-state index contributed by atoms with van der Waals surface area (Å²) in [5.41, 5.74) is 0. The number of carbonyl (C=O) groups is 1. The smallest absolute Gasteiger partial charge is 0.249 e. The van der Waals surface area contributed by atoms with E-state index in [0.29, 0.717) is 19.3 Å². The van der Waals surface area contributed by atoms with Gasteiger partial charge in [-0.2, -0.15) is 0 Å². The molecule has 4 unspecified atom stereocenters. The number of hydrogen-bond acceptors (Lipinski definition) is 5. The molecule has 0 aliphatic rings. The van der Waals surface area contributed by atoms with Crippen LogP contribution in [-0.2, 0) is 4.79 Å². The molecule has 6 heteroatoms. The summed E-state index contributed by atoms with van der Waals surface area (Å²) in [6.07, 6.45) is 54.5. The van der Waals surface area contributed by atoms with Gasteiger partial charge in [-0.3, -0.25) is 4.79 Å². The van der Waals surface area contributed by atoms with E-state index in [9.17, 15) is 25.2 Å². The third kappa shape index (κ3) is 37.8. The molecular weight excluding hydrogens is 695 g/mol. The molecule has 0 aromatic rings. The van der Waals surface area contributed by atoms with Crippen LogP contribution in [0, 0.1) is 0 Å². The minimum absolute atomic E-state index is 0.357. The van der Waals surface area contributed by atoms with Crippen molar-refractivity contribution in [3.05, 3.63) is 48.6 Å². The summed E-state index contributed by atoms with van der Waals surface area (Å²) in [5.74, 6) is -0.601. The Balaban J connectivity index is 3.68. The van der Waals surface area contributed by atoms with Gasteiger partial charge in [0.15, 0.2) is 0 Å². The Labute approximate surface area is 347 Å². The molecule has 0 aliphatic heterocycles. The molecule has 0 fully saturated rings. The van der Waals surface area contributed by atoms with Crippen LogP contribution in [0.25, 0.3) is 0 Å². The van der Waals surface area contributed by atoms with E-state index in [0.717, 1.165) is 57.8 Å². The second kappa shape index (κ2) is 44.4. The maximum atomic E-state index is 12.5. The van der Waals surface area contributed by atoms with Gasteiger partial charge in [-0.05, 0) is 83.5 Å². The fourth-order valence-corrected chi connectivity index (χ4v) is 7.20. The van der Waals surface area contributed by atoms with Gasteiger partial charge in [0.05, 0.1) is 18.8 Å². The van der Waals surface area contributed by atoms with E-state index in [1.807, 2.05) is 0 Å². The van der Waals surface area contributed by atoms with Crippen molar-refractivity contribution < 1.29 is 25.2 Å². The molecule has 0 saturated carbocycles. The van der Waals surface area contributed by atoms with Gasteiger partial charge in [-0.25, -0.2) is 0 Å². The standard InChI is InChI=1S/C50H93NO5/c1-3-5-7-9-11-13-15-17-18-19-20-21-22-23-24-25-26-27-28-29-30-32-34-36-38-40-42-44-48(54)50(56)51-46(45-52)49(55)47(53)43-41-39-37-35-33-31-16-14-12-10-8-6-4-2/h6,8,14,16,23-24,35,37,46-49,52-55H,3-5,7,9-13,15,17-22,25-34,36,38-45H2,1-2H3,(H,51,56)/b8-6+,16-14+,24-23-,37-35+. The molecule has 0 aromatic carbocycles. The molecule has 0 aliphatic carbocycles. The third-order valence-electron chi connectivity index (χ3n) is 11.0. The van der Waals surface area contributed by atoms with E-state index in [1.54, 1.807) is 0 Å². The highest BCUT2D eigenvalue weighted by Gasteiger charge is 2.28. The lowest BCUT2D eigenvalue weighted by atomic mass is 10.00. The zero-order valence-corrected chi connectivity index (χ0v) is 36.9. The van der Waals surface area contributed by atoms with E-state index in [4.69, 9.17) is 0 Å². The molecule has 0 spiro atoms. The fourth-order valence-electron chi connectivity index (χ4n) is 7.20. The zero-order chi connectivity index (χ0) is 41.0. The molecule has 4 atom stereocenters. The maximum absolute atomic E-state index is 12.5. The maximum Gasteiger partial charge on any atom is 0.249 e. The van der Waals surface area contributed by atoms with Gasteiger partial charge in [0.2, 0.25) is 5.91 Å². The van der Waals surface area contributed by atoms with Crippen LogP contribution in [0.4, 0.5) is 0 Å². The van der Waals surface area contributed by atoms with Gasteiger partial charge in [-0.1, -0.05) is 197 Å². The molecule has 328 valence electrons. The predicted molar refractivity (Wildman–Crippen MR) is 242 cm³/mol. The number of aliphatic hydroxyl groups is 4. The Kier molecular flexibility index (Phi) is 43.0. The number of rotatable bonds is 43. The highest BCUT2D eigenvalue weighted by Crippen LogP contribution is 2.16. The normalized spacial score (nSPS) is 14.5. The highest BCUT2D eigenvalue weighted by molar-refractivity contribution is 5.80. The quantitative estimate of drug-likeness (QED) is 0.0312. The summed E-state index contributed by atoms with van der Waals surface area (Å²) >= 11 is 0. The molecule has 5 N–H and O–H groups in total. The molecule has 6 nitrogen and oxygen atoms in total. The minimum atomic E-state index is -1.29. The fraction of sp³-hybridized carbons (Fsp3) is 0.820. The second-order valence-electron chi connectivity index (χ2n) is 16.4. The molecule has 56 heavy (non-hydrogen) atoms. The SMILES string of the molecule is CC/C=C/CC/C=C/CC/C=C/CCCC(O)C(O)C(CO)NC(=O)C(O)CCCCCCCCCCCCC/C=C\CCCCCCCCCCCCCC. The summed E-state index contributed by atoms with van der Waals surface area (Å²) in [5, 5.41) is 43.6. The second-order valence-corrected chi connectivity index (χ2v) is 16.4. The van der Waals surface area contributed by atoms with Crippen molar-refractivity contribution in [1.29, 1.82) is 0 Å². The first-order valence-electron chi connectivity index (χ1n) is 24.0. The summed E-state index contributed by atoms with van der Waals surface area (Å²) in [4.78, 5) is 12.5. The van der Waals surface area contributed by atoms with Gasteiger partial charge >= 0.3 is 0 Å². The van der Waals surface area contributed by atoms with Crippen LogP contribution in [0.3, 0.4) is 0 Å². The van der Waals surface area contributed by atoms with Crippen LogP contribution in [-0.4, -0.2) is 57.3 Å². The molecule has 0 bridgehead atoms. The highest BCUT2D eigenvalue weighted by atomic mass is 16.3. The average molecular weight is 788 g/mol. The van der Waals surface area contributed by atoms with Crippen molar-refractivity contribution in [2.24, 2.45) is 0 Å². The molecule has 0 heterocycles. The molecule has 0 radical (unpaired) electrons. The van der Waals surface area contributed by atoms with E-state index < -0.39 is 36.9 Å². The lowest BCUT2D eigenvalue weighted by Crippen LogP contribution is -2.53. The van der Waals surface area contributed by atoms with Crippen molar-refractivity contribution in [3.63, 3.8) is 0 Å². The summed E-state index contributed by atoms with van der Waals surface area (Å²) in [7, 11) is 0. The number of amides is 1. The predicted octanol–water partition coefficient (Wildman–Crippen LogP) is 13.1. The van der Waals surface area contributed by atoms with Gasteiger partial charge < -0.3 is 25.7 Å². The number of allylic oxidation sites excluding steroid dienone is 8. The Hall–Kier alpha value is -1.73. The molecular formula is C50H93NO5. The van der Waals surface area contributed by atoms with Crippen LogP contribution in [0.2, 0.25) is 0 Å². The summed E-state index contributed by atoms with van der Waals surface area (Å²) in [6.45, 7) is 3.93. The Morgan fingerprint density at radius 2 is 0.804 bits per heavy atom. The van der Waals surface area contributed by atoms with Gasteiger partial charge in [0.25, 0.3) is 0 Å². The van der Waals surface area contributed by atoms with Crippen molar-refractivity contribution in [1.82, 2.24) is 5.32 Å². The molecule has 0 saturated heterocycles. The van der Waals surface area contributed by atoms with Crippen LogP contribution >= 0.6 is 0 Å². The van der Waals surface area contributed by atoms with Crippen molar-refractivity contribution in [2.75, 3.05) is 6.61 Å². The molecule has 1 amide bonds. The van der Waals surface area contributed by atoms with Crippen LogP contribution in [0.5, 0.6) is 0 Å². The topological polar surface area (TPSA) is 110 Å². The minimum Gasteiger partial charge on any atom is -0.394 e. The largest absolute Gasteiger partial charge is 0.394 e. The van der Waals surface area contributed by atoms with Crippen LogP contribution < -0.4 is 5.32 Å². The first kappa shape index (κ1) is 54.3. The molecule has 0 rings (SSSR count). The molecule has 0 aromatic heterocycles. The number of nitrogens with one attached hydrogen (secondary N) is 1. The average Bonchev–Trinajstić information content (AvgIpc) is 3.20. The lowest BCUT2D eigenvalue weighted by Gasteiger charge is -2.27. The number of unbranched alkanes of at least 4 members (excludes halogenated alkanes) is 26. The Morgan fingerprint density at radius 3 is 1.21 bits per heavy atom. The number of carbonyl (C=O) groups excluding carboxylic acids is 1. The Bertz CT molecular complexity index is 930. The van der Waals surface area contributed by atoms with E-state index in [1.165, 1.54) is 141 Å². The first-order chi connectivity index (χ1) is 27.5. The van der Waals surface area contributed by atoms with Crippen molar-refractivity contribution in [3.8, 4) is 0 Å².